The zero-order valence-electron chi connectivity index (χ0n) is 16.9. The molecule has 0 aliphatic carbocycles. The molecule has 0 radical (unpaired) electrons. The number of aliphatic hydroxyl groups is 1. The molecule has 3 rings (SSSR count). The molecule has 0 amide bonds. The number of anilines is 1. The summed E-state index contributed by atoms with van der Waals surface area (Å²) in [6.07, 6.45) is 1.82. The van der Waals surface area contributed by atoms with Crippen molar-refractivity contribution in [3.05, 3.63) is 46.3 Å². The molecule has 1 saturated heterocycles. The van der Waals surface area contributed by atoms with E-state index < -0.39 is 5.60 Å². The highest BCUT2D eigenvalue weighted by molar-refractivity contribution is 14.0. The number of ether oxygens (including phenoxy) is 1. The molecular weight excluding hydrogens is 501 g/mol. The third kappa shape index (κ3) is 6.80. The number of aliphatic imine (C=N–C) groups is 1. The summed E-state index contributed by atoms with van der Waals surface area (Å²) in [5.74, 6) is 1.65. The minimum atomic E-state index is -0.947. The fraction of sp³-hybridized carbons (Fsp3) is 0.500. The first-order chi connectivity index (χ1) is 13.6. The van der Waals surface area contributed by atoms with Gasteiger partial charge in [-0.3, -0.25) is 0 Å². The van der Waals surface area contributed by atoms with E-state index in [1.54, 1.807) is 11.3 Å². The molecule has 1 fully saturated rings. The lowest BCUT2D eigenvalue weighted by Crippen LogP contribution is -2.44. The average Bonchev–Trinajstić information content (AvgIpc) is 3.27. The molecule has 7 nitrogen and oxygen atoms in total. The Morgan fingerprint density at radius 3 is 2.79 bits per heavy atom. The van der Waals surface area contributed by atoms with E-state index in [-0.39, 0.29) is 24.0 Å². The number of hydrogen-bond acceptors (Lipinski definition) is 6. The van der Waals surface area contributed by atoms with Crippen LogP contribution in [0.4, 0.5) is 5.82 Å². The van der Waals surface area contributed by atoms with Gasteiger partial charge in [-0.2, -0.15) is 0 Å². The van der Waals surface area contributed by atoms with Gasteiger partial charge >= 0.3 is 0 Å². The van der Waals surface area contributed by atoms with E-state index in [4.69, 9.17) is 9.73 Å². The van der Waals surface area contributed by atoms with Crippen molar-refractivity contribution in [2.75, 3.05) is 44.3 Å². The van der Waals surface area contributed by atoms with Gasteiger partial charge in [-0.15, -0.1) is 35.3 Å². The first-order valence-corrected chi connectivity index (χ1v) is 10.5. The van der Waals surface area contributed by atoms with Gasteiger partial charge in [0.1, 0.15) is 11.4 Å². The Hall–Kier alpha value is -1.43. The summed E-state index contributed by atoms with van der Waals surface area (Å²) in [6, 6.07) is 7.90. The number of nitrogens with zero attached hydrogens (tertiary/aromatic N) is 3. The summed E-state index contributed by atoms with van der Waals surface area (Å²) in [4.78, 5) is 12.5. The Bertz CT molecular complexity index is 764. The number of guanidine groups is 1. The van der Waals surface area contributed by atoms with Crippen molar-refractivity contribution in [3.63, 3.8) is 0 Å². The van der Waals surface area contributed by atoms with Gasteiger partial charge < -0.3 is 25.4 Å². The van der Waals surface area contributed by atoms with Gasteiger partial charge in [0, 0.05) is 36.3 Å². The highest BCUT2D eigenvalue weighted by Crippen LogP contribution is 2.24. The summed E-state index contributed by atoms with van der Waals surface area (Å²) in [5, 5.41) is 19.2. The van der Waals surface area contributed by atoms with Crippen LogP contribution in [0.2, 0.25) is 0 Å². The lowest BCUT2D eigenvalue weighted by molar-refractivity contribution is 0.0655. The number of halogens is 1. The molecule has 2 aromatic rings. The van der Waals surface area contributed by atoms with Gasteiger partial charge in [-0.1, -0.05) is 12.1 Å². The molecule has 0 spiro atoms. The van der Waals surface area contributed by atoms with Gasteiger partial charge in [-0.05, 0) is 31.4 Å². The molecule has 0 bridgehead atoms. The molecule has 1 aliphatic heterocycles. The van der Waals surface area contributed by atoms with E-state index in [0.717, 1.165) is 49.1 Å². The van der Waals surface area contributed by atoms with Crippen LogP contribution in [0.3, 0.4) is 0 Å². The number of nitrogens with one attached hydrogen (secondary N) is 2. The van der Waals surface area contributed by atoms with Crippen LogP contribution in [0.15, 0.2) is 40.8 Å². The Kier molecular flexibility index (Phi) is 9.60. The van der Waals surface area contributed by atoms with Crippen molar-refractivity contribution >= 4 is 47.1 Å². The first-order valence-electron chi connectivity index (χ1n) is 9.65. The van der Waals surface area contributed by atoms with Crippen LogP contribution >= 0.6 is 35.3 Å². The molecule has 29 heavy (non-hydrogen) atoms. The van der Waals surface area contributed by atoms with Gasteiger partial charge in [0.25, 0.3) is 0 Å². The molecular formula is C20H30IN5O2S. The quantitative estimate of drug-likeness (QED) is 0.290. The van der Waals surface area contributed by atoms with Gasteiger partial charge in [0.05, 0.1) is 26.3 Å². The average molecular weight is 531 g/mol. The molecule has 1 atom stereocenters. The minimum absolute atomic E-state index is 0. The van der Waals surface area contributed by atoms with Gasteiger partial charge in [-0.25, -0.2) is 9.98 Å². The Balaban J connectivity index is 0.00000300. The van der Waals surface area contributed by atoms with Crippen LogP contribution in [0, 0.1) is 0 Å². The molecule has 3 N–H and O–H groups in total. The SMILES string of the molecule is CCNC(=NCc1cccnc1N1CCOCC1)NCC(C)(O)c1cccs1.I. The van der Waals surface area contributed by atoms with Crippen molar-refractivity contribution in [1.29, 1.82) is 0 Å². The zero-order chi connectivity index (χ0) is 19.8. The summed E-state index contributed by atoms with van der Waals surface area (Å²) in [5.41, 5.74) is 0.129. The molecule has 2 aromatic heterocycles. The van der Waals surface area contributed by atoms with Crippen molar-refractivity contribution in [2.24, 2.45) is 4.99 Å². The van der Waals surface area contributed by atoms with Crippen molar-refractivity contribution < 1.29 is 9.84 Å². The van der Waals surface area contributed by atoms with Crippen molar-refractivity contribution in [1.82, 2.24) is 15.6 Å². The van der Waals surface area contributed by atoms with Crippen molar-refractivity contribution in [2.45, 2.75) is 26.0 Å². The summed E-state index contributed by atoms with van der Waals surface area (Å²) in [6.45, 7) is 8.61. The summed E-state index contributed by atoms with van der Waals surface area (Å²) in [7, 11) is 0. The largest absolute Gasteiger partial charge is 0.383 e. The fourth-order valence-electron chi connectivity index (χ4n) is 3.05. The van der Waals surface area contributed by atoms with Crippen LogP contribution in [-0.2, 0) is 16.9 Å². The van der Waals surface area contributed by atoms with E-state index >= 15 is 0 Å². The van der Waals surface area contributed by atoms with E-state index in [1.807, 2.05) is 43.6 Å². The maximum atomic E-state index is 10.7. The number of aromatic nitrogens is 1. The van der Waals surface area contributed by atoms with E-state index in [9.17, 15) is 5.11 Å². The molecule has 1 unspecified atom stereocenters. The molecule has 3 heterocycles. The third-order valence-electron chi connectivity index (χ3n) is 4.58. The molecule has 9 heteroatoms. The van der Waals surface area contributed by atoms with Crippen LogP contribution in [0.25, 0.3) is 0 Å². The normalized spacial score (nSPS) is 16.7. The summed E-state index contributed by atoms with van der Waals surface area (Å²) < 4.78 is 5.45. The Morgan fingerprint density at radius 2 is 2.10 bits per heavy atom. The predicted molar refractivity (Wildman–Crippen MR) is 129 cm³/mol. The number of rotatable bonds is 7. The van der Waals surface area contributed by atoms with Crippen molar-refractivity contribution in [3.8, 4) is 0 Å². The van der Waals surface area contributed by atoms with Crippen LogP contribution < -0.4 is 15.5 Å². The highest BCUT2D eigenvalue weighted by atomic mass is 127. The first kappa shape index (κ1) is 23.8. The van der Waals surface area contributed by atoms with E-state index in [1.165, 1.54) is 0 Å². The molecule has 0 aromatic carbocycles. The monoisotopic (exact) mass is 531 g/mol. The maximum absolute atomic E-state index is 10.7. The van der Waals surface area contributed by atoms with Gasteiger partial charge in [0.2, 0.25) is 0 Å². The predicted octanol–water partition coefficient (Wildman–Crippen LogP) is 2.56. The van der Waals surface area contributed by atoms with E-state index in [0.29, 0.717) is 19.0 Å². The minimum Gasteiger partial charge on any atom is -0.383 e. The third-order valence-corrected chi connectivity index (χ3v) is 5.70. The van der Waals surface area contributed by atoms with E-state index in [2.05, 4.69) is 26.6 Å². The highest BCUT2D eigenvalue weighted by Gasteiger charge is 2.24. The van der Waals surface area contributed by atoms with Gasteiger partial charge in [0.15, 0.2) is 5.96 Å². The second-order valence-corrected chi connectivity index (χ2v) is 7.83. The number of hydrogen-bond donors (Lipinski definition) is 3. The Labute approximate surface area is 193 Å². The zero-order valence-corrected chi connectivity index (χ0v) is 20.1. The molecule has 0 saturated carbocycles. The number of morpholine rings is 1. The number of pyridine rings is 1. The van der Waals surface area contributed by atoms with Crippen LogP contribution in [0.5, 0.6) is 0 Å². The van der Waals surface area contributed by atoms with Crippen LogP contribution in [-0.4, -0.2) is 55.4 Å². The second-order valence-electron chi connectivity index (χ2n) is 6.89. The maximum Gasteiger partial charge on any atom is 0.191 e. The lowest BCUT2D eigenvalue weighted by Gasteiger charge is -2.29. The lowest BCUT2D eigenvalue weighted by atomic mass is 10.1. The molecule has 1 aliphatic rings. The molecule has 160 valence electrons. The fourth-order valence-corrected chi connectivity index (χ4v) is 3.83. The second kappa shape index (κ2) is 11.7. The Morgan fingerprint density at radius 1 is 1.31 bits per heavy atom. The topological polar surface area (TPSA) is 82.0 Å². The number of thiophene rings is 1. The van der Waals surface area contributed by atoms with Crippen LogP contribution in [0.1, 0.15) is 24.3 Å². The smallest absolute Gasteiger partial charge is 0.191 e. The summed E-state index contributed by atoms with van der Waals surface area (Å²) >= 11 is 1.55. The standard InChI is InChI=1S/C20H29N5O2S.HI/c1-3-21-19(24-15-20(2,26)17-7-5-13-28-17)23-14-16-6-4-8-22-18(16)25-9-11-27-12-10-25;/h4-8,13,26H,3,9-12,14-15H2,1-2H3,(H2,21,23,24);1H.